The molecule has 0 aromatic heterocycles. The Bertz CT molecular complexity index is 510. The van der Waals surface area contributed by atoms with Gasteiger partial charge in [-0.05, 0) is 37.0 Å². The molecule has 0 aliphatic carbocycles. The van der Waals surface area contributed by atoms with Gasteiger partial charge in [0.15, 0.2) is 0 Å². The highest BCUT2D eigenvalue weighted by Crippen LogP contribution is 2.18. The molecular weight excluding hydrogens is 264 g/mol. The molecule has 1 fully saturated rings. The highest BCUT2D eigenvalue weighted by atomic mass is 32.2. The summed E-state index contributed by atoms with van der Waals surface area (Å²) >= 11 is 0. The average Bonchev–Trinajstić information content (AvgIpc) is 2.36. The van der Waals surface area contributed by atoms with Crippen molar-refractivity contribution < 1.29 is 13.2 Å². The van der Waals surface area contributed by atoms with Gasteiger partial charge in [0.05, 0.1) is 18.6 Å². The number of benzene rings is 1. The van der Waals surface area contributed by atoms with Crippen LogP contribution in [0.3, 0.4) is 0 Å². The fraction of sp³-hybridized carbons (Fsp3) is 0.538. The van der Waals surface area contributed by atoms with E-state index in [1.54, 1.807) is 12.1 Å². The van der Waals surface area contributed by atoms with Gasteiger partial charge in [0.1, 0.15) is 0 Å². The molecule has 0 amide bonds. The monoisotopic (exact) mass is 284 g/mol. The summed E-state index contributed by atoms with van der Waals surface area (Å²) in [5.74, 6) is 0.528. The molecular formula is C13H20N2O3S. The Labute approximate surface area is 114 Å². The Morgan fingerprint density at radius 3 is 2.84 bits per heavy atom. The van der Waals surface area contributed by atoms with Gasteiger partial charge in [0, 0.05) is 18.8 Å². The third kappa shape index (κ3) is 5.08. The molecule has 0 radical (unpaired) electrons. The van der Waals surface area contributed by atoms with Crippen molar-refractivity contribution in [2.75, 3.05) is 36.1 Å². The quantitative estimate of drug-likeness (QED) is 0.866. The number of anilines is 2. The first-order valence-electron chi connectivity index (χ1n) is 6.42. The largest absolute Gasteiger partial charge is 0.385 e. The third-order valence-electron chi connectivity index (χ3n) is 3.02. The first-order valence-corrected chi connectivity index (χ1v) is 8.31. The first kappa shape index (κ1) is 14.1. The molecule has 0 spiro atoms. The zero-order valence-corrected chi connectivity index (χ0v) is 11.9. The maximum absolute atomic E-state index is 11.2. The highest BCUT2D eigenvalue weighted by molar-refractivity contribution is 7.92. The van der Waals surface area contributed by atoms with Crippen molar-refractivity contribution in [3.8, 4) is 0 Å². The van der Waals surface area contributed by atoms with Crippen molar-refractivity contribution in [1.82, 2.24) is 0 Å². The van der Waals surface area contributed by atoms with Gasteiger partial charge in [-0.25, -0.2) is 8.42 Å². The summed E-state index contributed by atoms with van der Waals surface area (Å²) in [6.07, 6.45) is 3.43. The lowest BCUT2D eigenvalue weighted by Gasteiger charge is -2.22. The molecule has 1 aromatic rings. The van der Waals surface area contributed by atoms with Crippen LogP contribution in [0.5, 0.6) is 0 Å². The van der Waals surface area contributed by atoms with E-state index in [9.17, 15) is 8.42 Å². The van der Waals surface area contributed by atoms with Crippen molar-refractivity contribution in [1.29, 1.82) is 0 Å². The topological polar surface area (TPSA) is 67.4 Å². The van der Waals surface area contributed by atoms with Crippen LogP contribution in [0.25, 0.3) is 0 Å². The molecule has 1 aliphatic heterocycles. The van der Waals surface area contributed by atoms with E-state index in [1.807, 2.05) is 12.1 Å². The molecule has 1 atom stereocenters. The van der Waals surface area contributed by atoms with E-state index >= 15 is 0 Å². The second-order valence-electron chi connectivity index (χ2n) is 4.92. The van der Waals surface area contributed by atoms with Gasteiger partial charge in [-0.1, -0.05) is 6.07 Å². The Hall–Kier alpha value is -1.27. The second-order valence-corrected chi connectivity index (χ2v) is 6.67. The number of rotatable bonds is 5. The van der Waals surface area contributed by atoms with Crippen LogP contribution in [-0.2, 0) is 14.8 Å². The number of hydrogen-bond donors (Lipinski definition) is 2. The summed E-state index contributed by atoms with van der Waals surface area (Å²) in [6, 6.07) is 7.28. The van der Waals surface area contributed by atoms with Crippen LogP contribution in [0.4, 0.5) is 11.4 Å². The molecule has 0 saturated carbocycles. The van der Waals surface area contributed by atoms with Crippen molar-refractivity contribution in [3.63, 3.8) is 0 Å². The minimum atomic E-state index is -3.23. The first-order chi connectivity index (χ1) is 9.03. The van der Waals surface area contributed by atoms with E-state index < -0.39 is 10.0 Å². The van der Waals surface area contributed by atoms with Gasteiger partial charge in [-0.2, -0.15) is 0 Å². The predicted octanol–water partition coefficient (Wildman–Crippen LogP) is 1.90. The smallest absolute Gasteiger partial charge is 0.229 e. The Balaban J connectivity index is 1.91. The molecule has 2 rings (SSSR count). The summed E-state index contributed by atoms with van der Waals surface area (Å²) in [4.78, 5) is 0. The fourth-order valence-corrected chi connectivity index (χ4v) is 2.69. The normalized spacial score (nSPS) is 19.9. The molecule has 2 N–H and O–H groups in total. The van der Waals surface area contributed by atoms with E-state index in [0.29, 0.717) is 11.6 Å². The molecule has 1 aliphatic rings. The van der Waals surface area contributed by atoms with E-state index in [2.05, 4.69) is 10.0 Å². The van der Waals surface area contributed by atoms with Gasteiger partial charge in [0.2, 0.25) is 10.0 Å². The Kier molecular flexibility index (Phi) is 4.66. The van der Waals surface area contributed by atoms with Crippen LogP contribution in [-0.4, -0.2) is 34.4 Å². The summed E-state index contributed by atoms with van der Waals surface area (Å²) in [5, 5.41) is 3.33. The molecule has 1 saturated heterocycles. The van der Waals surface area contributed by atoms with Gasteiger partial charge >= 0.3 is 0 Å². The SMILES string of the molecule is CS(=O)(=O)Nc1cccc(NCC2CCCOC2)c1. The van der Waals surface area contributed by atoms with Gasteiger partial charge < -0.3 is 10.1 Å². The van der Waals surface area contributed by atoms with Crippen molar-refractivity contribution in [2.24, 2.45) is 5.92 Å². The van der Waals surface area contributed by atoms with Gasteiger partial charge in [0.25, 0.3) is 0 Å². The summed E-state index contributed by atoms with van der Waals surface area (Å²) < 4.78 is 30.2. The zero-order chi connectivity index (χ0) is 13.7. The standard InChI is InChI=1S/C13H20N2O3S/c1-19(16,17)15-13-6-2-5-12(8-13)14-9-11-4-3-7-18-10-11/h2,5-6,8,11,14-15H,3-4,7,9-10H2,1H3. The van der Waals surface area contributed by atoms with Crippen LogP contribution >= 0.6 is 0 Å². The van der Waals surface area contributed by atoms with Crippen molar-refractivity contribution in [2.45, 2.75) is 12.8 Å². The summed E-state index contributed by atoms with van der Waals surface area (Å²) in [5.41, 5.74) is 1.49. The third-order valence-corrected chi connectivity index (χ3v) is 3.62. The summed E-state index contributed by atoms with van der Waals surface area (Å²) in [6.45, 7) is 2.51. The van der Waals surface area contributed by atoms with E-state index in [0.717, 1.165) is 38.1 Å². The van der Waals surface area contributed by atoms with E-state index in [4.69, 9.17) is 4.74 Å². The maximum atomic E-state index is 11.2. The van der Waals surface area contributed by atoms with E-state index in [-0.39, 0.29) is 0 Å². The molecule has 6 heteroatoms. The van der Waals surface area contributed by atoms with Crippen LogP contribution in [0, 0.1) is 5.92 Å². The number of sulfonamides is 1. The number of ether oxygens (including phenoxy) is 1. The fourth-order valence-electron chi connectivity index (χ4n) is 2.14. The minimum absolute atomic E-state index is 0.528. The molecule has 5 nitrogen and oxygen atoms in total. The molecule has 1 unspecified atom stereocenters. The molecule has 106 valence electrons. The van der Waals surface area contributed by atoms with Gasteiger partial charge in [-0.15, -0.1) is 0 Å². The molecule has 0 bridgehead atoms. The van der Waals surface area contributed by atoms with Crippen LogP contribution in [0.2, 0.25) is 0 Å². The second kappa shape index (κ2) is 6.25. The van der Waals surface area contributed by atoms with Gasteiger partial charge in [-0.3, -0.25) is 4.72 Å². The van der Waals surface area contributed by atoms with Crippen molar-refractivity contribution in [3.05, 3.63) is 24.3 Å². The maximum Gasteiger partial charge on any atom is 0.229 e. The van der Waals surface area contributed by atoms with Crippen LogP contribution < -0.4 is 10.0 Å². The number of hydrogen-bond acceptors (Lipinski definition) is 4. The zero-order valence-electron chi connectivity index (χ0n) is 11.1. The minimum Gasteiger partial charge on any atom is -0.385 e. The Morgan fingerprint density at radius 1 is 1.37 bits per heavy atom. The lowest BCUT2D eigenvalue weighted by atomic mass is 10.0. The van der Waals surface area contributed by atoms with Crippen LogP contribution in [0.15, 0.2) is 24.3 Å². The lowest BCUT2D eigenvalue weighted by Crippen LogP contribution is -2.24. The lowest BCUT2D eigenvalue weighted by molar-refractivity contribution is 0.0595. The Morgan fingerprint density at radius 2 is 2.16 bits per heavy atom. The van der Waals surface area contributed by atoms with Crippen molar-refractivity contribution >= 4 is 21.4 Å². The van der Waals surface area contributed by atoms with Crippen LogP contribution in [0.1, 0.15) is 12.8 Å². The molecule has 1 aromatic carbocycles. The van der Waals surface area contributed by atoms with E-state index in [1.165, 1.54) is 6.42 Å². The molecule has 1 heterocycles. The molecule has 19 heavy (non-hydrogen) atoms. The average molecular weight is 284 g/mol. The highest BCUT2D eigenvalue weighted by Gasteiger charge is 2.13. The number of nitrogens with one attached hydrogen (secondary N) is 2. The predicted molar refractivity (Wildman–Crippen MR) is 76.9 cm³/mol. The summed E-state index contributed by atoms with van der Waals surface area (Å²) in [7, 11) is -3.23.